The van der Waals surface area contributed by atoms with Crippen LogP contribution in [0.5, 0.6) is 5.75 Å². The van der Waals surface area contributed by atoms with E-state index in [0.29, 0.717) is 19.1 Å². The lowest BCUT2D eigenvalue weighted by Crippen LogP contribution is -2.50. The maximum atomic E-state index is 11.7. The Balaban J connectivity index is 1.62. The largest absolute Gasteiger partial charge is 0.497 e. The number of hydrogen-bond donors (Lipinski definition) is 1. The molecule has 1 aromatic rings. The summed E-state index contributed by atoms with van der Waals surface area (Å²) in [4.78, 5) is 16.6. The molecule has 0 aromatic heterocycles. The summed E-state index contributed by atoms with van der Waals surface area (Å²) in [7, 11) is 1.74. The Kier molecular flexibility index (Phi) is 5.74. The number of nitrogens with one attached hydrogen (secondary N) is 1. The number of piperazine rings is 1. The lowest BCUT2D eigenvalue weighted by molar-refractivity contribution is -0.122. The van der Waals surface area contributed by atoms with E-state index in [9.17, 15) is 4.79 Å². The highest BCUT2D eigenvalue weighted by molar-refractivity contribution is 5.77. The zero-order valence-electron chi connectivity index (χ0n) is 14.9. The number of hydrogen-bond acceptors (Lipinski definition) is 4. The van der Waals surface area contributed by atoms with Gasteiger partial charge in [0.2, 0.25) is 5.91 Å². The quantitative estimate of drug-likeness (QED) is 0.894. The fourth-order valence-corrected chi connectivity index (χ4v) is 3.95. The predicted octanol–water partition coefficient (Wildman–Crippen LogP) is 1.83. The van der Waals surface area contributed by atoms with Crippen LogP contribution in [0, 0.1) is 0 Å². The number of likely N-dealkylation sites (N-methyl/N-ethyl adjacent to an activating group) is 1. The van der Waals surface area contributed by atoms with Crippen LogP contribution in [0.15, 0.2) is 18.2 Å². The first kappa shape index (κ1) is 17.2. The summed E-state index contributed by atoms with van der Waals surface area (Å²) in [5.74, 6) is 1.09. The maximum Gasteiger partial charge on any atom is 0.234 e. The van der Waals surface area contributed by atoms with E-state index in [0.717, 1.165) is 31.9 Å². The van der Waals surface area contributed by atoms with Crippen LogP contribution >= 0.6 is 0 Å². The van der Waals surface area contributed by atoms with Crippen LogP contribution in [-0.4, -0.2) is 62.1 Å². The minimum absolute atomic E-state index is 0.138. The maximum absolute atomic E-state index is 11.7. The van der Waals surface area contributed by atoms with E-state index in [-0.39, 0.29) is 5.91 Å². The molecular formula is C19H29N3O2. The van der Waals surface area contributed by atoms with Crippen molar-refractivity contribution in [2.75, 3.05) is 46.4 Å². The fraction of sp³-hybridized carbons (Fsp3) is 0.632. The zero-order valence-corrected chi connectivity index (χ0v) is 14.9. The average molecular weight is 331 g/mol. The van der Waals surface area contributed by atoms with Crippen molar-refractivity contribution in [1.82, 2.24) is 15.1 Å². The SMILES string of the molecule is CCNC(=O)CN1CCN(C2CCCc3ccc(OC)cc32)CC1. The van der Waals surface area contributed by atoms with Gasteiger partial charge in [-0.25, -0.2) is 0 Å². The fourth-order valence-electron chi connectivity index (χ4n) is 3.95. The Bertz CT molecular complexity index is 568. The molecular weight excluding hydrogens is 302 g/mol. The highest BCUT2D eigenvalue weighted by Crippen LogP contribution is 2.36. The van der Waals surface area contributed by atoms with Crippen LogP contribution in [0.2, 0.25) is 0 Å². The number of carbonyl (C=O) groups is 1. The standard InChI is InChI=1S/C19H29N3O2/c1-3-20-19(23)14-21-9-11-22(12-10-21)18-6-4-5-15-7-8-16(24-2)13-17(15)18/h7-8,13,18H,3-6,9-12,14H2,1-2H3,(H,20,23). The number of carbonyl (C=O) groups excluding carboxylic acids is 1. The number of ether oxygens (including phenoxy) is 1. The van der Waals surface area contributed by atoms with Crippen molar-refractivity contribution in [2.24, 2.45) is 0 Å². The molecule has 1 aliphatic heterocycles. The van der Waals surface area contributed by atoms with E-state index < -0.39 is 0 Å². The van der Waals surface area contributed by atoms with Crippen molar-refractivity contribution in [3.63, 3.8) is 0 Å². The molecule has 1 heterocycles. The molecule has 0 radical (unpaired) electrons. The zero-order chi connectivity index (χ0) is 16.9. The lowest BCUT2D eigenvalue weighted by Gasteiger charge is -2.41. The Hall–Kier alpha value is -1.59. The van der Waals surface area contributed by atoms with Gasteiger partial charge in [0.1, 0.15) is 5.75 Å². The number of nitrogens with zero attached hydrogens (tertiary/aromatic N) is 2. The lowest BCUT2D eigenvalue weighted by atomic mass is 9.86. The summed E-state index contributed by atoms with van der Waals surface area (Å²) in [5.41, 5.74) is 2.91. The normalized spacial score (nSPS) is 22.0. The summed E-state index contributed by atoms with van der Waals surface area (Å²) < 4.78 is 5.43. The molecule has 5 heteroatoms. The summed E-state index contributed by atoms with van der Waals surface area (Å²) in [5, 5.41) is 2.88. The number of aryl methyl sites for hydroxylation is 1. The number of methoxy groups -OCH3 is 1. The third-order valence-electron chi connectivity index (χ3n) is 5.22. The molecule has 24 heavy (non-hydrogen) atoms. The molecule has 0 bridgehead atoms. The van der Waals surface area contributed by atoms with Gasteiger partial charge in [-0.05, 0) is 49.4 Å². The molecule has 1 aromatic carbocycles. The van der Waals surface area contributed by atoms with E-state index in [4.69, 9.17) is 4.74 Å². The second-order valence-corrected chi connectivity index (χ2v) is 6.74. The van der Waals surface area contributed by atoms with E-state index in [1.165, 1.54) is 30.4 Å². The summed E-state index contributed by atoms with van der Waals surface area (Å²) in [6.45, 7) is 7.18. The van der Waals surface area contributed by atoms with Crippen LogP contribution in [0.4, 0.5) is 0 Å². The summed E-state index contributed by atoms with van der Waals surface area (Å²) >= 11 is 0. The topological polar surface area (TPSA) is 44.8 Å². The first-order chi connectivity index (χ1) is 11.7. The van der Waals surface area contributed by atoms with Crippen LogP contribution in [-0.2, 0) is 11.2 Å². The monoisotopic (exact) mass is 331 g/mol. The van der Waals surface area contributed by atoms with Crippen LogP contribution in [0.25, 0.3) is 0 Å². The van der Waals surface area contributed by atoms with Crippen molar-refractivity contribution in [3.05, 3.63) is 29.3 Å². The third kappa shape index (κ3) is 3.90. The first-order valence-corrected chi connectivity index (χ1v) is 9.11. The van der Waals surface area contributed by atoms with E-state index in [1.807, 2.05) is 6.92 Å². The predicted molar refractivity (Wildman–Crippen MR) is 95.4 cm³/mol. The molecule has 0 spiro atoms. The smallest absolute Gasteiger partial charge is 0.234 e. The van der Waals surface area contributed by atoms with Crippen molar-refractivity contribution >= 4 is 5.91 Å². The molecule has 2 aliphatic rings. The first-order valence-electron chi connectivity index (χ1n) is 9.11. The van der Waals surface area contributed by atoms with E-state index in [2.05, 4.69) is 33.3 Å². The molecule has 1 N–H and O–H groups in total. The second kappa shape index (κ2) is 7.99. The van der Waals surface area contributed by atoms with Gasteiger partial charge in [0.05, 0.1) is 13.7 Å². The van der Waals surface area contributed by atoms with Gasteiger partial charge in [0.15, 0.2) is 0 Å². The Morgan fingerprint density at radius 2 is 2.08 bits per heavy atom. The van der Waals surface area contributed by atoms with Gasteiger partial charge in [-0.2, -0.15) is 0 Å². The van der Waals surface area contributed by atoms with Gasteiger partial charge in [-0.15, -0.1) is 0 Å². The van der Waals surface area contributed by atoms with Crippen molar-refractivity contribution in [1.29, 1.82) is 0 Å². The number of rotatable bonds is 5. The highest BCUT2D eigenvalue weighted by atomic mass is 16.5. The molecule has 1 unspecified atom stereocenters. The molecule has 1 atom stereocenters. The minimum atomic E-state index is 0.138. The minimum Gasteiger partial charge on any atom is -0.497 e. The Morgan fingerprint density at radius 3 is 2.79 bits per heavy atom. The molecule has 1 saturated heterocycles. The van der Waals surface area contributed by atoms with Crippen LogP contribution < -0.4 is 10.1 Å². The van der Waals surface area contributed by atoms with Gasteiger partial charge in [0, 0.05) is 38.8 Å². The Labute approximate surface area is 145 Å². The molecule has 1 fully saturated rings. The molecule has 3 rings (SSSR count). The molecule has 0 saturated carbocycles. The van der Waals surface area contributed by atoms with Crippen LogP contribution in [0.3, 0.4) is 0 Å². The van der Waals surface area contributed by atoms with Crippen molar-refractivity contribution in [2.45, 2.75) is 32.2 Å². The second-order valence-electron chi connectivity index (χ2n) is 6.74. The number of fused-ring (bicyclic) bond motifs is 1. The summed E-state index contributed by atoms with van der Waals surface area (Å²) in [6, 6.07) is 7.02. The van der Waals surface area contributed by atoms with Crippen molar-refractivity contribution < 1.29 is 9.53 Å². The van der Waals surface area contributed by atoms with Crippen molar-refractivity contribution in [3.8, 4) is 5.75 Å². The van der Waals surface area contributed by atoms with Crippen LogP contribution in [0.1, 0.15) is 36.9 Å². The van der Waals surface area contributed by atoms with Gasteiger partial charge >= 0.3 is 0 Å². The Morgan fingerprint density at radius 1 is 1.29 bits per heavy atom. The number of benzene rings is 1. The van der Waals surface area contributed by atoms with E-state index in [1.54, 1.807) is 7.11 Å². The average Bonchev–Trinajstić information content (AvgIpc) is 2.61. The summed E-state index contributed by atoms with van der Waals surface area (Å²) in [6.07, 6.45) is 3.65. The van der Waals surface area contributed by atoms with Gasteiger partial charge in [-0.3, -0.25) is 14.6 Å². The molecule has 132 valence electrons. The molecule has 1 aliphatic carbocycles. The molecule has 5 nitrogen and oxygen atoms in total. The van der Waals surface area contributed by atoms with Gasteiger partial charge < -0.3 is 10.1 Å². The number of amides is 1. The highest BCUT2D eigenvalue weighted by Gasteiger charge is 2.29. The van der Waals surface area contributed by atoms with E-state index >= 15 is 0 Å². The third-order valence-corrected chi connectivity index (χ3v) is 5.22. The van der Waals surface area contributed by atoms with Gasteiger partial charge in [0.25, 0.3) is 0 Å². The molecule has 1 amide bonds. The van der Waals surface area contributed by atoms with Gasteiger partial charge in [-0.1, -0.05) is 6.07 Å².